The van der Waals surface area contributed by atoms with Gasteiger partial charge < -0.3 is 5.73 Å². The Morgan fingerprint density at radius 3 is 3.00 bits per heavy atom. The minimum Gasteiger partial charge on any atom is -0.398 e. The molecular formula is C13H16ClN5. The summed E-state index contributed by atoms with van der Waals surface area (Å²) in [6, 6.07) is 5.35. The Labute approximate surface area is 116 Å². The molecule has 1 aromatic carbocycles. The Bertz CT molecular complexity index is 590. The highest BCUT2D eigenvalue weighted by molar-refractivity contribution is 6.31. The highest BCUT2D eigenvalue weighted by Crippen LogP contribution is 2.37. The van der Waals surface area contributed by atoms with Gasteiger partial charge in [0, 0.05) is 22.8 Å². The van der Waals surface area contributed by atoms with Crippen molar-refractivity contribution < 1.29 is 0 Å². The summed E-state index contributed by atoms with van der Waals surface area (Å²) in [5, 5.41) is 12.6. The topological polar surface area (TPSA) is 69.6 Å². The standard InChI is InChI=1S/C13H16ClN5/c1-8(9-2-3-9)7-19-13(16-17-18-19)11-6-10(14)4-5-12(11)15/h4-6,8-9H,2-3,7,15H2,1H3. The van der Waals surface area contributed by atoms with Gasteiger partial charge in [0.2, 0.25) is 0 Å². The summed E-state index contributed by atoms with van der Waals surface area (Å²) >= 11 is 6.02. The van der Waals surface area contributed by atoms with Crippen LogP contribution in [-0.4, -0.2) is 20.2 Å². The van der Waals surface area contributed by atoms with Crippen LogP contribution in [0.1, 0.15) is 19.8 Å². The molecule has 0 saturated heterocycles. The van der Waals surface area contributed by atoms with Crippen LogP contribution in [0.5, 0.6) is 0 Å². The maximum Gasteiger partial charge on any atom is 0.184 e. The van der Waals surface area contributed by atoms with Crippen LogP contribution in [0.2, 0.25) is 5.02 Å². The molecule has 0 spiro atoms. The van der Waals surface area contributed by atoms with Gasteiger partial charge >= 0.3 is 0 Å². The lowest BCUT2D eigenvalue weighted by Gasteiger charge is -2.12. The molecule has 0 radical (unpaired) electrons. The summed E-state index contributed by atoms with van der Waals surface area (Å²) < 4.78 is 1.82. The first-order chi connectivity index (χ1) is 9.15. The Morgan fingerprint density at radius 1 is 1.47 bits per heavy atom. The van der Waals surface area contributed by atoms with Gasteiger partial charge in [-0.15, -0.1) is 5.10 Å². The molecule has 1 atom stereocenters. The molecule has 1 aliphatic rings. The van der Waals surface area contributed by atoms with E-state index in [1.54, 1.807) is 18.2 Å². The maximum atomic E-state index is 6.02. The third-order valence-corrected chi connectivity index (χ3v) is 3.91. The number of anilines is 1. The van der Waals surface area contributed by atoms with Crippen molar-refractivity contribution in [3.05, 3.63) is 23.2 Å². The molecule has 100 valence electrons. The van der Waals surface area contributed by atoms with Gasteiger partial charge in [0.25, 0.3) is 0 Å². The van der Waals surface area contributed by atoms with Crippen LogP contribution in [0.15, 0.2) is 18.2 Å². The van der Waals surface area contributed by atoms with Crippen molar-refractivity contribution in [2.75, 3.05) is 5.73 Å². The van der Waals surface area contributed by atoms with Gasteiger partial charge in [-0.1, -0.05) is 18.5 Å². The minimum absolute atomic E-state index is 0.586. The summed E-state index contributed by atoms with van der Waals surface area (Å²) in [7, 11) is 0. The number of hydrogen-bond acceptors (Lipinski definition) is 4. The van der Waals surface area contributed by atoms with Crippen LogP contribution >= 0.6 is 11.6 Å². The molecule has 0 aliphatic heterocycles. The third kappa shape index (κ3) is 2.56. The van der Waals surface area contributed by atoms with E-state index in [2.05, 4.69) is 22.4 Å². The second kappa shape index (κ2) is 4.81. The van der Waals surface area contributed by atoms with E-state index in [-0.39, 0.29) is 0 Å². The van der Waals surface area contributed by atoms with Gasteiger partial charge in [-0.05, 0) is 53.3 Å². The van der Waals surface area contributed by atoms with Gasteiger partial charge in [0.15, 0.2) is 5.82 Å². The van der Waals surface area contributed by atoms with Gasteiger partial charge in [-0.3, -0.25) is 0 Å². The summed E-state index contributed by atoms with van der Waals surface area (Å²) in [5.41, 5.74) is 7.42. The zero-order valence-corrected chi connectivity index (χ0v) is 11.5. The average molecular weight is 278 g/mol. The molecule has 5 nitrogen and oxygen atoms in total. The van der Waals surface area contributed by atoms with Crippen molar-refractivity contribution in [1.29, 1.82) is 0 Å². The number of aromatic nitrogens is 4. The predicted octanol–water partition coefficient (Wildman–Crippen LogP) is 2.62. The van der Waals surface area contributed by atoms with Crippen LogP contribution in [0.25, 0.3) is 11.4 Å². The van der Waals surface area contributed by atoms with Crippen molar-refractivity contribution in [3.8, 4) is 11.4 Å². The lowest BCUT2D eigenvalue weighted by Crippen LogP contribution is -2.12. The first-order valence-electron chi connectivity index (χ1n) is 6.46. The van der Waals surface area contributed by atoms with Crippen LogP contribution in [0, 0.1) is 11.8 Å². The second-order valence-electron chi connectivity index (χ2n) is 5.23. The fourth-order valence-electron chi connectivity index (χ4n) is 2.33. The molecule has 1 aliphatic carbocycles. The lowest BCUT2D eigenvalue weighted by molar-refractivity contribution is 0.402. The monoisotopic (exact) mass is 277 g/mol. The molecule has 3 rings (SSSR count). The predicted molar refractivity (Wildman–Crippen MR) is 74.6 cm³/mol. The highest BCUT2D eigenvalue weighted by Gasteiger charge is 2.29. The smallest absolute Gasteiger partial charge is 0.184 e. The Hall–Kier alpha value is -1.62. The molecule has 1 saturated carbocycles. The van der Waals surface area contributed by atoms with Crippen molar-refractivity contribution in [2.24, 2.45) is 11.8 Å². The molecule has 6 heteroatoms. The van der Waals surface area contributed by atoms with Gasteiger partial charge in [0.1, 0.15) is 0 Å². The number of nitrogens with zero attached hydrogens (tertiary/aromatic N) is 4. The van der Waals surface area contributed by atoms with E-state index in [0.717, 1.165) is 18.0 Å². The van der Waals surface area contributed by atoms with Crippen molar-refractivity contribution in [1.82, 2.24) is 20.2 Å². The SMILES string of the molecule is CC(Cn1nnnc1-c1cc(Cl)ccc1N)C1CC1. The second-order valence-corrected chi connectivity index (χ2v) is 5.67. The van der Waals surface area contributed by atoms with Gasteiger partial charge in [-0.2, -0.15) is 0 Å². The molecule has 1 fully saturated rings. The quantitative estimate of drug-likeness (QED) is 0.872. The lowest BCUT2D eigenvalue weighted by atomic mass is 10.1. The molecule has 0 amide bonds. The van der Waals surface area contributed by atoms with E-state index in [1.807, 2.05) is 4.68 Å². The van der Waals surface area contributed by atoms with Crippen LogP contribution in [-0.2, 0) is 6.54 Å². The number of rotatable bonds is 4. The number of benzene rings is 1. The summed E-state index contributed by atoms with van der Waals surface area (Å²) in [5.74, 6) is 2.09. The molecule has 19 heavy (non-hydrogen) atoms. The van der Waals surface area contributed by atoms with Crippen LogP contribution < -0.4 is 5.73 Å². The number of nitrogens with two attached hydrogens (primary N) is 1. The van der Waals surface area contributed by atoms with Crippen molar-refractivity contribution in [3.63, 3.8) is 0 Å². The molecule has 0 bridgehead atoms. The van der Waals surface area contributed by atoms with Crippen molar-refractivity contribution >= 4 is 17.3 Å². The van der Waals surface area contributed by atoms with E-state index >= 15 is 0 Å². The first kappa shape index (κ1) is 12.4. The number of tetrazole rings is 1. The number of nitrogen functional groups attached to an aromatic ring is 1. The van der Waals surface area contributed by atoms with E-state index in [4.69, 9.17) is 17.3 Å². The Morgan fingerprint density at radius 2 is 2.26 bits per heavy atom. The largest absolute Gasteiger partial charge is 0.398 e. The molecular weight excluding hydrogens is 262 g/mol. The maximum absolute atomic E-state index is 6.02. The van der Waals surface area contributed by atoms with Gasteiger partial charge in [-0.25, -0.2) is 4.68 Å². The normalized spacial score (nSPS) is 16.5. The minimum atomic E-state index is 0.586. The highest BCUT2D eigenvalue weighted by atomic mass is 35.5. The molecule has 1 aromatic heterocycles. The summed E-state index contributed by atoms with van der Waals surface area (Å²) in [4.78, 5) is 0. The summed E-state index contributed by atoms with van der Waals surface area (Å²) in [6.45, 7) is 3.06. The Kier molecular flexibility index (Phi) is 3.14. The molecule has 1 heterocycles. The zero-order chi connectivity index (χ0) is 13.4. The van der Waals surface area contributed by atoms with Crippen molar-refractivity contribution in [2.45, 2.75) is 26.3 Å². The van der Waals surface area contributed by atoms with E-state index in [9.17, 15) is 0 Å². The molecule has 2 N–H and O–H groups in total. The number of hydrogen-bond donors (Lipinski definition) is 1. The average Bonchev–Trinajstić information content (AvgIpc) is 3.14. The number of halogens is 1. The van der Waals surface area contributed by atoms with Gasteiger partial charge in [0.05, 0.1) is 0 Å². The fraction of sp³-hybridized carbons (Fsp3) is 0.462. The third-order valence-electron chi connectivity index (χ3n) is 3.68. The fourth-order valence-corrected chi connectivity index (χ4v) is 2.50. The van der Waals surface area contributed by atoms with E-state index < -0.39 is 0 Å². The van der Waals surface area contributed by atoms with Crippen LogP contribution in [0.3, 0.4) is 0 Å². The first-order valence-corrected chi connectivity index (χ1v) is 6.84. The van der Waals surface area contributed by atoms with E-state index in [0.29, 0.717) is 22.5 Å². The van der Waals surface area contributed by atoms with Crippen LogP contribution in [0.4, 0.5) is 5.69 Å². The zero-order valence-electron chi connectivity index (χ0n) is 10.8. The van der Waals surface area contributed by atoms with E-state index in [1.165, 1.54) is 12.8 Å². The molecule has 1 unspecified atom stereocenters. The molecule has 2 aromatic rings. The Balaban J connectivity index is 1.92. The summed E-state index contributed by atoms with van der Waals surface area (Å²) in [6.07, 6.45) is 2.63.